The second-order valence-electron chi connectivity index (χ2n) is 9.82. The van der Waals surface area contributed by atoms with Gasteiger partial charge in [0.1, 0.15) is 11.5 Å². The van der Waals surface area contributed by atoms with Gasteiger partial charge in [-0.2, -0.15) is 4.98 Å². The number of hydrogen-bond donors (Lipinski definition) is 2. The number of ketones is 1. The van der Waals surface area contributed by atoms with Crippen LogP contribution in [0.25, 0.3) is 11.0 Å². The molecule has 1 aromatic carbocycles. The van der Waals surface area contributed by atoms with Gasteiger partial charge in [-0.3, -0.25) is 19.1 Å². The Morgan fingerprint density at radius 2 is 1.97 bits per heavy atom. The predicted octanol–water partition coefficient (Wildman–Crippen LogP) is 3.61. The average Bonchev–Trinajstić information content (AvgIpc) is 3.76. The molecule has 6 rings (SSSR count). The maximum absolute atomic E-state index is 15.0. The van der Waals surface area contributed by atoms with Gasteiger partial charge in [-0.25, -0.2) is 9.37 Å². The minimum Gasteiger partial charge on any atom is -0.367 e. The molecule has 1 saturated heterocycles. The van der Waals surface area contributed by atoms with Crippen LogP contribution in [0.2, 0.25) is 0 Å². The topological polar surface area (TPSA) is 105 Å². The molecule has 3 aromatic heterocycles. The van der Waals surface area contributed by atoms with E-state index in [-0.39, 0.29) is 29.7 Å². The maximum atomic E-state index is 15.0. The van der Waals surface area contributed by atoms with Gasteiger partial charge >= 0.3 is 0 Å². The molecule has 1 saturated carbocycles. The number of halogens is 1. The SMILES string of the molecule is CC(=O)c1cc2cnc(Nc3ccc(N4CCNCC4)c(F)c3)nc2n(Cc2ncccc2C2CC2)c1=O. The highest BCUT2D eigenvalue weighted by molar-refractivity contribution is 5.96. The molecule has 2 aliphatic rings. The molecule has 1 aliphatic heterocycles. The quantitative estimate of drug-likeness (QED) is 0.361. The lowest BCUT2D eigenvalue weighted by Crippen LogP contribution is -2.43. The number of nitrogens with zero attached hydrogens (tertiary/aromatic N) is 5. The van der Waals surface area contributed by atoms with Gasteiger partial charge in [-0.1, -0.05) is 6.07 Å². The summed E-state index contributed by atoms with van der Waals surface area (Å²) in [5.74, 6) is 0.0151. The van der Waals surface area contributed by atoms with Gasteiger partial charge < -0.3 is 15.5 Å². The second kappa shape index (κ2) is 9.94. The van der Waals surface area contributed by atoms with Gasteiger partial charge in [-0.05, 0) is 61.6 Å². The molecule has 0 unspecified atom stereocenters. The number of pyridine rings is 2. The Labute approximate surface area is 218 Å². The van der Waals surface area contributed by atoms with Crippen LogP contribution in [-0.2, 0) is 6.54 Å². The van der Waals surface area contributed by atoms with Gasteiger partial charge in [0, 0.05) is 49.6 Å². The van der Waals surface area contributed by atoms with Crippen molar-refractivity contribution >= 4 is 34.1 Å². The van der Waals surface area contributed by atoms with Gasteiger partial charge in [0.15, 0.2) is 5.78 Å². The largest absolute Gasteiger partial charge is 0.367 e. The monoisotopic (exact) mass is 513 g/mol. The fourth-order valence-corrected chi connectivity index (χ4v) is 4.99. The van der Waals surface area contributed by atoms with E-state index in [4.69, 9.17) is 0 Å². The zero-order valence-corrected chi connectivity index (χ0v) is 21.1. The number of carbonyl (C=O) groups is 1. The minimum absolute atomic E-state index is 0.0799. The number of hydrogen-bond acceptors (Lipinski definition) is 8. The molecular weight excluding hydrogens is 485 g/mol. The van der Waals surface area contributed by atoms with Crippen molar-refractivity contribution in [2.75, 3.05) is 36.4 Å². The van der Waals surface area contributed by atoms with Gasteiger partial charge in [-0.15, -0.1) is 0 Å². The van der Waals surface area contributed by atoms with Crippen LogP contribution in [0.3, 0.4) is 0 Å². The van der Waals surface area contributed by atoms with Gasteiger partial charge in [0.2, 0.25) is 5.95 Å². The number of fused-ring (bicyclic) bond motifs is 1. The summed E-state index contributed by atoms with van der Waals surface area (Å²) in [6.45, 7) is 4.69. The van der Waals surface area contributed by atoms with Crippen LogP contribution in [0.5, 0.6) is 0 Å². The molecule has 4 aromatic rings. The third-order valence-electron chi connectivity index (χ3n) is 7.12. The number of rotatable bonds is 7. The van der Waals surface area contributed by atoms with Crippen molar-refractivity contribution in [3.05, 3.63) is 81.8 Å². The fourth-order valence-electron chi connectivity index (χ4n) is 4.99. The molecule has 9 nitrogen and oxygen atoms in total. The highest BCUT2D eigenvalue weighted by Crippen LogP contribution is 2.41. The van der Waals surface area contributed by atoms with Crippen molar-refractivity contribution < 1.29 is 9.18 Å². The Bertz CT molecular complexity index is 1590. The van der Waals surface area contributed by atoms with E-state index in [0.29, 0.717) is 28.3 Å². The zero-order chi connectivity index (χ0) is 26.2. The van der Waals surface area contributed by atoms with Crippen LogP contribution in [0.15, 0.2) is 53.6 Å². The van der Waals surface area contributed by atoms with E-state index in [0.717, 1.165) is 50.3 Å². The molecule has 1 aliphatic carbocycles. The lowest BCUT2D eigenvalue weighted by Gasteiger charge is -2.29. The van der Waals surface area contributed by atoms with Crippen LogP contribution in [-0.4, -0.2) is 51.5 Å². The molecule has 0 spiro atoms. The molecule has 0 amide bonds. The number of anilines is 3. The number of benzene rings is 1. The first-order valence-electron chi connectivity index (χ1n) is 12.9. The Kier molecular flexibility index (Phi) is 6.32. The van der Waals surface area contributed by atoms with Crippen LogP contribution in [0, 0.1) is 5.82 Å². The van der Waals surface area contributed by atoms with Crippen LogP contribution < -0.4 is 21.1 Å². The van der Waals surface area contributed by atoms with Crippen molar-refractivity contribution in [2.24, 2.45) is 0 Å². The van der Waals surface area contributed by atoms with E-state index in [1.165, 1.54) is 23.6 Å². The summed E-state index contributed by atoms with van der Waals surface area (Å²) in [7, 11) is 0. The first-order valence-corrected chi connectivity index (χ1v) is 12.9. The first-order chi connectivity index (χ1) is 18.5. The Morgan fingerprint density at radius 3 is 2.71 bits per heavy atom. The van der Waals surface area contributed by atoms with E-state index >= 15 is 0 Å². The average molecular weight is 514 g/mol. The van der Waals surface area contributed by atoms with E-state index in [2.05, 4.69) is 25.6 Å². The van der Waals surface area contributed by atoms with Crippen molar-refractivity contribution in [2.45, 2.75) is 32.2 Å². The van der Waals surface area contributed by atoms with E-state index in [1.54, 1.807) is 24.5 Å². The number of piperazine rings is 1. The van der Waals surface area contributed by atoms with Gasteiger partial charge in [0.05, 0.1) is 23.5 Å². The summed E-state index contributed by atoms with van der Waals surface area (Å²) in [6.07, 6.45) is 5.48. The standard InChI is InChI=1S/C28H28FN7O2/c1-17(37)22-13-19-15-32-28(33-20-6-7-25(23(29)14-20)35-11-9-30-10-12-35)34-26(19)36(27(22)38)16-24-21(18-4-5-18)3-2-8-31-24/h2-3,6-8,13-15,18,30H,4-5,9-12,16H2,1H3,(H,32,33,34). The summed E-state index contributed by atoms with van der Waals surface area (Å²) < 4.78 is 16.4. The van der Waals surface area contributed by atoms with Crippen molar-refractivity contribution in [1.82, 2.24) is 24.8 Å². The summed E-state index contributed by atoms with van der Waals surface area (Å²) in [5, 5.41) is 6.89. The molecule has 38 heavy (non-hydrogen) atoms. The number of aromatic nitrogens is 4. The smallest absolute Gasteiger partial charge is 0.263 e. The number of carbonyl (C=O) groups excluding carboxylic acids is 1. The van der Waals surface area contributed by atoms with Crippen molar-refractivity contribution in [3.63, 3.8) is 0 Å². The van der Waals surface area contributed by atoms with E-state index in [9.17, 15) is 14.0 Å². The Hall–Kier alpha value is -4.18. The van der Waals surface area contributed by atoms with Gasteiger partial charge in [0.25, 0.3) is 5.56 Å². The molecule has 194 valence electrons. The molecule has 4 heterocycles. The van der Waals surface area contributed by atoms with Crippen molar-refractivity contribution in [1.29, 1.82) is 0 Å². The lowest BCUT2D eigenvalue weighted by atomic mass is 10.1. The number of nitrogens with one attached hydrogen (secondary N) is 2. The zero-order valence-electron chi connectivity index (χ0n) is 21.1. The third kappa shape index (κ3) is 4.74. The molecule has 2 N–H and O–H groups in total. The summed E-state index contributed by atoms with van der Waals surface area (Å²) in [6, 6.07) is 10.4. The molecule has 10 heteroatoms. The minimum atomic E-state index is -0.423. The maximum Gasteiger partial charge on any atom is 0.263 e. The molecular formula is C28H28FN7O2. The second-order valence-corrected chi connectivity index (χ2v) is 9.82. The molecule has 0 bridgehead atoms. The third-order valence-corrected chi connectivity index (χ3v) is 7.12. The van der Waals surface area contributed by atoms with E-state index in [1.807, 2.05) is 17.0 Å². The highest BCUT2D eigenvalue weighted by atomic mass is 19.1. The molecule has 0 atom stereocenters. The number of Topliss-reactive ketones (excluding diaryl/α,β-unsaturated/α-hetero) is 1. The van der Waals surface area contributed by atoms with Crippen LogP contribution in [0.4, 0.5) is 21.7 Å². The van der Waals surface area contributed by atoms with E-state index < -0.39 is 5.56 Å². The van der Waals surface area contributed by atoms with Crippen LogP contribution >= 0.6 is 0 Å². The normalized spacial score (nSPS) is 15.6. The van der Waals surface area contributed by atoms with Crippen LogP contribution in [0.1, 0.15) is 47.3 Å². The summed E-state index contributed by atoms with van der Waals surface area (Å²) in [4.78, 5) is 41.2. The summed E-state index contributed by atoms with van der Waals surface area (Å²) >= 11 is 0. The Morgan fingerprint density at radius 1 is 1.16 bits per heavy atom. The highest BCUT2D eigenvalue weighted by Gasteiger charge is 2.27. The molecule has 2 fully saturated rings. The first kappa shape index (κ1) is 24.2. The predicted molar refractivity (Wildman–Crippen MR) is 144 cm³/mol. The Balaban J connectivity index is 1.37. The fraction of sp³-hybridized carbons (Fsp3) is 0.321. The lowest BCUT2D eigenvalue weighted by molar-refractivity contribution is 0.101. The molecule has 0 radical (unpaired) electrons. The summed E-state index contributed by atoms with van der Waals surface area (Å²) in [5.41, 5.74) is 3.00. The van der Waals surface area contributed by atoms with Crippen molar-refractivity contribution in [3.8, 4) is 0 Å².